The molecule has 4 heteroatoms. The molecule has 1 saturated carbocycles. The van der Waals surface area contributed by atoms with Crippen LogP contribution in [0.3, 0.4) is 0 Å². The summed E-state index contributed by atoms with van der Waals surface area (Å²) in [5.74, 6) is 2.49. The molecule has 0 amide bonds. The van der Waals surface area contributed by atoms with Gasteiger partial charge < -0.3 is 17.4 Å². The molecule has 2 nitrogen and oxygen atoms in total. The molecule has 2 fully saturated rings. The molecular weight excluding hydrogens is 292 g/mol. The van der Waals surface area contributed by atoms with Gasteiger partial charge in [-0.05, 0) is 56.5 Å². The molecule has 0 aromatic heterocycles. The maximum absolute atomic E-state index is 4.23. The van der Waals surface area contributed by atoms with Crippen molar-refractivity contribution >= 4 is 9.39 Å². The second-order valence-electron chi connectivity index (χ2n) is 5.86. The molecule has 2 aliphatic rings. The van der Waals surface area contributed by atoms with Gasteiger partial charge in [-0.1, -0.05) is 9.39 Å². The quantitative estimate of drug-likeness (QED) is 0.621. The van der Waals surface area contributed by atoms with E-state index in [1.54, 1.807) is 0 Å². The maximum atomic E-state index is 4.23. The zero-order valence-corrected chi connectivity index (χ0v) is 15.2. The summed E-state index contributed by atoms with van der Waals surface area (Å²) in [5.41, 5.74) is 0.528. The number of fused-ring (bicyclic) bond motifs is 1. The maximum Gasteiger partial charge on any atom is 0.00208 e. The van der Waals surface area contributed by atoms with Crippen molar-refractivity contribution in [1.29, 1.82) is 0 Å². The molecule has 16 heavy (non-hydrogen) atoms. The van der Waals surface area contributed by atoms with Crippen LogP contribution in [0.2, 0.25) is 0 Å². The molecule has 2 unspecified atom stereocenters. The first-order valence-electron chi connectivity index (χ1n) is 5.39. The van der Waals surface area contributed by atoms with Crippen LogP contribution in [-0.4, -0.2) is 22.5 Å². The van der Waals surface area contributed by atoms with E-state index in [-0.39, 0.29) is 51.2 Å². The van der Waals surface area contributed by atoms with Gasteiger partial charge in [-0.25, -0.2) is 0 Å². The first-order valence-corrected chi connectivity index (χ1v) is 5.97. The Labute approximate surface area is 129 Å². The van der Waals surface area contributed by atoms with E-state index in [1.165, 1.54) is 0 Å². The van der Waals surface area contributed by atoms with Crippen LogP contribution in [0.1, 0.15) is 27.7 Å². The minimum Gasteiger partial charge on any atom is -0.449 e. The first kappa shape index (κ1) is 17.5. The number of nitrogens with one attached hydrogen (secondary N) is 1. The van der Waals surface area contributed by atoms with E-state index < -0.39 is 0 Å². The van der Waals surface area contributed by atoms with Crippen molar-refractivity contribution in [3.8, 4) is 0 Å². The molecule has 1 saturated heterocycles. The van der Waals surface area contributed by atoms with E-state index in [0.29, 0.717) is 0 Å². The Bertz CT molecular complexity index is 233. The Balaban J connectivity index is 0.00000112. The Morgan fingerprint density at radius 2 is 1.56 bits per heavy atom. The topological polar surface area (TPSA) is 15.3 Å². The van der Waals surface area contributed by atoms with E-state index in [4.69, 9.17) is 0 Å². The van der Waals surface area contributed by atoms with E-state index in [2.05, 4.69) is 54.1 Å². The van der Waals surface area contributed by atoms with Crippen LogP contribution in [0.15, 0.2) is 0 Å². The minimum atomic E-state index is 0. The van der Waals surface area contributed by atoms with Crippen LogP contribution in [-0.2, 0) is 32.7 Å². The van der Waals surface area contributed by atoms with Gasteiger partial charge in [-0.15, -0.1) is 0 Å². The molecule has 1 N–H and O–H groups in total. The van der Waals surface area contributed by atoms with E-state index in [0.717, 1.165) is 24.3 Å². The molecule has 4 atom stereocenters. The zero-order chi connectivity index (χ0) is 10.7. The van der Waals surface area contributed by atoms with E-state index >= 15 is 0 Å². The molecule has 0 spiro atoms. The second-order valence-corrected chi connectivity index (χ2v) is 6.27. The number of piperidine rings is 1. The van der Waals surface area contributed by atoms with Crippen molar-refractivity contribution in [2.75, 3.05) is 6.54 Å². The SMILES string of the molecule is [CH2-]N1C(C)(C)[C@@H]2C(CNP)[C@@H]2C1(C)C.[CH3-].[Y]. The third-order valence-electron chi connectivity index (χ3n) is 4.54. The Morgan fingerprint density at radius 3 is 1.88 bits per heavy atom. The van der Waals surface area contributed by atoms with E-state index in [1.807, 2.05) is 0 Å². The first-order chi connectivity index (χ1) is 6.35. The predicted molar refractivity (Wildman–Crippen MR) is 70.0 cm³/mol. The summed E-state index contributed by atoms with van der Waals surface area (Å²) in [6.07, 6.45) is 0. The van der Waals surface area contributed by atoms with Crippen LogP contribution in [0, 0.1) is 32.2 Å². The smallest absolute Gasteiger partial charge is 0.00208 e. The summed E-state index contributed by atoms with van der Waals surface area (Å²) >= 11 is 0. The third-order valence-corrected chi connectivity index (χ3v) is 4.78. The van der Waals surface area contributed by atoms with Crippen LogP contribution in [0.5, 0.6) is 0 Å². The summed E-state index contributed by atoms with van der Waals surface area (Å²) in [6, 6.07) is 0. The Morgan fingerprint density at radius 1 is 1.19 bits per heavy atom. The van der Waals surface area contributed by atoms with Gasteiger partial charge in [0.2, 0.25) is 0 Å². The molecule has 2 rings (SSSR count). The fraction of sp³-hybridized carbons (Fsp3) is 0.833. The molecule has 1 radical (unpaired) electrons. The molecule has 1 aliphatic carbocycles. The van der Waals surface area contributed by atoms with Crippen LogP contribution in [0.4, 0.5) is 0 Å². The number of rotatable bonds is 2. The molecule has 1 heterocycles. The monoisotopic (exact) mass is 317 g/mol. The Hall–Kier alpha value is 1.45. The van der Waals surface area contributed by atoms with Gasteiger partial charge in [0.25, 0.3) is 0 Å². The van der Waals surface area contributed by atoms with Gasteiger partial charge in [0.05, 0.1) is 0 Å². The van der Waals surface area contributed by atoms with Gasteiger partial charge in [0.1, 0.15) is 0 Å². The zero-order valence-electron chi connectivity index (χ0n) is 11.2. The summed E-state index contributed by atoms with van der Waals surface area (Å²) < 4.78 is 0. The summed E-state index contributed by atoms with van der Waals surface area (Å²) in [5, 5.41) is 3.23. The molecule has 0 bridgehead atoms. The summed E-state index contributed by atoms with van der Waals surface area (Å²) in [7, 11) is 6.84. The van der Waals surface area contributed by atoms with Crippen molar-refractivity contribution in [2.45, 2.75) is 38.8 Å². The number of likely N-dealkylation sites (tertiary alicyclic amines) is 1. The van der Waals surface area contributed by atoms with Crippen molar-refractivity contribution in [2.24, 2.45) is 17.8 Å². The van der Waals surface area contributed by atoms with Crippen molar-refractivity contribution in [1.82, 2.24) is 9.99 Å². The summed E-state index contributed by atoms with van der Waals surface area (Å²) in [6.45, 7) is 10.4. The van der Waals surface area contributed by atoms with Crippen molar-refractivity contribution in [3.63, 3.8) is 0 Å². The average Bonchev–Trinajstić information content (AvgIpc) is 2.75. The Kier molecular flexibility index (Phi) is 5.69. The number of hydrogen-bond donors (Lipinski definition) is 1. The van der Waals surface area contributed by atoms with E-state index in [9.17, 15) is 0 Å². The van der Waals surface area contributed by atoms with Gasteiger partial charge in [0, 0.05) is 39.3 Å². The van der Waals surface area contributed by atoms with Gasteiger partial charge >= 0.3 is 0 Å². The second kappa shape index (κ2) is 5.21. The minimum absolute atomic E-state index is 0. The number of nitrogens with zero attached hydrogens (tertiary/aromatic N) is 1. The summed E-state index contributed by atoms with van der Waals surface area (Å²) in [4.78, 5) is 2.31. The normalized spacial score (nSPS) is 38.2. The predicted octanol–water partition coefficient (Wildman–Crippen LogP) is 2.34. The van der Waals surface area contributed by atoms with Crippen molar-refractivity contribution < 1.29 is 32.7 Å². The fourth-order valence-electron chi connectivity index (χ4n) is 3.79. The van der Waals surface area contributed by atoms with Gasteiger partial charge in [0.15, 0.2) is 0 Å². The van der Waals surface area contributed by atoms with Gasteiger partial charge in [-0.3, -0.25) is 7.05 Å². The molecule has 93 valence electrons. The number of hydrogen-bond acceptors (Lipinski definition) is 2. The van der Waals surface area contributed by atoms with Crippen molar-refractivity contribution in [3.05, 3.63) is 14.5 Å². The molecular formula is C12H25N2PY-2. The largest absolute Gasteiger partial charge is 0.449 e. The van der Waals surface area contributed by atoms with Crippen LogP contribution >= 0.6 is 9.39 Å². The standard InChI is InChI=1S/C11H22N2P.CH3.Y/c1-10(2)8-7(6-12-14)9(8)11(3,4)13(10)5;;/h7-9,12H,5-6,14H2,1-4H3;1H3;/q2*-1;/t7?,8-,9+;;. The molecule has 0 aromatic carbocycles. The van der Waals surface area contributed by atoms with Crippen LogP contribution < -0.4 is 5.09 Å². The molecule has 0 aromatic rings. The molecule has 1 aliphatic heterocycles. The van der Waals surface area contributed by atoms with Crippen LogP contribution in [0.25, 0.3) is 0 Å². The van der Waals surface area contributed by atoms with Gasteiger partial charge in [-0.2, -0.15) is 0 Å². The third kappa shape index (κ3) is 2.18. The average molecular weight is 317 g/mol. The fourth-order valence-corrected chi connectivity index (χ4v) is 4.07.